The lowest BCUT2D eigenvalue weighted by atomic mass is 10.1. The van der Waals surface area contributed by atoms with Gasteiger partial charge in [0, 0.05) is 13.8 Å². The first-order valence-corrected chi connectivity index (χ1v) is 6.35. The minimum atomic E-state index is -1.08. The van der Waals surface area contributed by atoms with Crippen molar-refractivity contribution in [1.29, 1.82) is 0 Å². The number of hydrogen-bond donors (Lipinski definition) is 0. The zero-order valence-electron chi connectivity index (χ0n) is 11.8. The Balaban J connectivity index is 0.000000450. The molecule has 0 amide bonds. The quantitative estimate of drug-likeness (QED) is 0.485. The van der Waals surface area contributed by atoms with Crippen LogP contribution in [0.5, 0.6) is 0 Å². The Morgan fingerprint density at radius 3 is 1.53 bits per heavy atom. The summed E-state index contributed by atoms with van der Waals surface area (Å²) in [5.41, 5.74) is -0.921. The number of esters is 2. The summed E-state index contributed by atoms with van der Waals surface area (Å²) in [7, 11) is 0. The predicted octanol–water partition coefficient (Wildman–Crippen LogP) is 3.05. The van der Waals surface area contributed by atoms with Gasteiger partial charge in [0.05, 0.1) is 0 Å². The lowest BCUT2D eigenvalue weighted by Gasteiger charge is -2.32. The van der Waals surface area contributed by atoms with E-state index in [4.69, 9.17) is 9.47 Å². The van der Waals surface area contributed by atoms with E-state index in [0.29, 0.717) is 12.8 Å². The van der Waals surface area contributed by atoms with Crippen LogP contribution in [0.15, 0.2) is 0 Å². The fourth-order valence-electron chi connectivity index (χ4n) is 1.28. The maximum absolute atomic E-state index is 11.3. The van der Waals surface area contributed by atoms with Crippen LogP contribution in [-0.4, -0.2) is 17.7 Å². The maximum atomic E-state index is 11.3. The van der Waals surface area contributed by atoms with Gasteiger partial charge in [-0.1, -0.05) is 34.1 Å². The van der Waals surface area contributed by atoms with Crippen LogP contribution in [-0.2, 0) is 19.1 Å². The summed E-state index contributed by atoms with van der Waals surface area (Å²) >= 11 is 0. The van der Waals surface area contributed by atoms with Crippen LogP contribution in [0, 0.1) is 5.41 Å². The van der Waals surface area contributed by atoms with E-state index >= 15 is 0 Å². The highest BCUT2D eigenvalue weighted by molar-refractivity contribution is 6.04. The molecule has 1 saturated carbocycles. The van der Waals surface area contributed by atoms with Gasteiger partial charge >= 0.3 is 11.9 Å². The molecular formula is C13H24O4. The Kier molecular flexibility index (Phi) is 5.66. The van der Waals surface area contributed by atoms with Crippen LogP contribution in [0.4, 0.5) is 0 Å². The van der Waals surface area contributed by atoms with E-state index in [1.165, 1.54) is 6.42 Å². The number of carbonyl (C=O) groups is 2. The van der Waals surface area contributed by atoms with E-state index < -0.39 is 23.1 Å². The first kappa shape index (κ1) is 15.9. The lowest BCUT2D eigenvalue weighted by Crippen LogP contribution is -2.47. The molecule has 2 aliphatic rings. The second kappa shape index (κ2) is 6.03. The summed E-state index contributed by atoms with van der Waals surface area (Å²) in [5, 5.41) is 0. The predicted molar refractivity (Wildman–Crippen MR) is 65.2 cm³/mol. The van der Waals surface area contributed by atoms with Gasteiger partial charge in [0.2, 0.25) is 0 Å². The molecule has 1 aliphatic carbocycles. The highest BCUT2D eigenvalue weighted by Gasteiger charge is 2.64. The van der Waals surface area contributed by atoms with Gasteiger partial charge in [-0.2, -0.15) is 0 Å². The van der Waals surface area contributed by atoms with Crippen LogP contribution in [0.1, 0.15) is 60.8 Å². The Morgan fingerprint density at radius 1 is 1.00 bits per heavy atom. The molecule has 1 spiro atoms. The van der Waals surface area contributed by atoms with Gasteiger partial charge in [-0.25, -0.2) is 0 Å². The van der Waals surface area contributed by atoms with Crippen molar-refractivity contribution in [2.75, 3.05) is 0 Å². The van der Waals surface area contributed by atoms with Crippen LogP contribution in [0.25, 0.3) is 0 Å². The first-order chi connectivity index (χ1) is 7.88. The molecule has 0 radical (unpaired) electrons. The standard InChI is InChI=1S/C8H10O4.C3H8.C2H6/c1-7(2)11-5(9)8(3-4-8)6(10)12-7;1-3-2;1-2/h3-4H2,1-2H3;3H2,1-2H3;1-2H3. The summed E-state index contributed by atoms with van der Waals surface area (Å²) in [5.74, 6) is -1.94. The smallest absolute Gasteiger partial charge is 0.326 e. The molecule has 1 saturated heterocycles. The maximum Gasteiger partial charge on any atom is 0.326 e. The van der Waals surface area contributed by atoms with Crippen molar-refractivity contribution >= 4 is 11.9 Å². The van der Waals surface area contributed by atoms with Crippen molar-refractivity contribution in [3.8, 4) is 0 Å². The highest BCUT2D eigenvalue weighted by atomic mass is 16.7. The molecule has 0 atom stereocenters. The Bertz CT molecular complexity index is 255. The third kappa shape index (κ3) is 3.72. The van der Waals surface area contributed by atoms with E-state index in [9.17, 15) is 9.59 Å². The molecule has 4 nitrogen and oxygen atoms in total. The number of ether oxygens (including phenoxy) is 2. The van der Waals surface area contributed by atoms with Crippen LogP contribution in [0.2, 0.25) is 0 Å². The van der Waals surface area contributed by atoms with E-state index in [1.807, 2.05) is 13.8 Å². The number of cyclic esters (lactones) is 2. The van der Waals surface area contributed by atoms with E-state index in [0.717, 1.165) is 0 Å². The number of carbonyl (C=O) groups excluding carboxylic acids is 2. The van der Waals surface area contributed by atoms with E-state index in [1.54, 1.807) is 13.8 Å². The van der Waals surface area contributed by atoms with Gasteiger partial charge in [0.25, 0.3) is 5.79 Å². The average molecular weight is 244 g/mol. The van der Waals surface area contributed by atoms with Crippen LogP contribution >= 0.6 is 0 Å². The van der Waals surface area contributed by atoms with Crippen molar-refractivity contribution in [3.63, 3.8) is 0 Å². The third-order valence-electron chi connectivity index (χ3n) is 2.21. The van der Waals surface area contributed by atoms with Crippen molar-refractivity contribution < 1.29 is 19.1 Å². The Labute approximate surface area is 104 Å². The molecule has 100 valence electrons. The Morgan fingerprint density at radius 2 is 1.29 bits per heavy atom. The van der Waals surface area contributed by atoms with Gasteiger partial charge in [-0.3, -0.25) is 9.59 Å². The molecule has 0 bridgehead atoms. The van der Waals surface area contributed by atoms with Crippen LogP contribution in [0.3, 0.4) is 0 Å². The molecule has 0 aromatic rings. The lowest BCUT2D eigenvalue weighted by molar-refractivity contribution is -0.242. The highest BCUT2D eigenvalue weighted by Crippen LogP contribution is 2.51. The van der Waals surface area contributed by atoms with Gasteiger partial charge < -0.3 is 9.47 Å². The Hall–Kier alpha value is -1.06. The van der Waals surface area contributed by atoms with Crippen molar-refractivity contribution in [3.05, 3.63) is 0 Å². The second-order valence-electron chi connectivity index (χ2n) is 4.47. The molecule has 4 heteroatoms. The van der Waals surface area contributed by atoms with Gasteiger partial charge in [0.15, 0.2) is 5.41 Å². The molecule has 1 aliphatic heterocycles. The fourth-order valence-corrected chi connectivity index (χ4v) is 1.28. The minimum Gasteiger partial charge on any atom is -0.422 e. The molecule has 1 heterocycles. The summed E-state index contributed by atoms with van der Waals surface area (Å²) in [4.78, 5) is 22.6. The summed E-state index contributed by atoms with van der Waals surface area (Å²) in [6.45, 7) is 11.4. The molecule has 2 fully saturated rings. The topological polar surface area (TPSA) is 52.6 Å². The molecule has 0 aromatic heterocycles. The van der Waals surface area contributed by atoms with E-state index in [2.05, 4.69) is 13.8 Å². The monoisotopic (exact) mass is 244 g/mol. The third-order valence-corrected chi connectivity index (χ3v) is 2.21. The average Bonchev–Trinajstić information content (AvgIpc) is 2.99. The molecule has 0 N–H and O–H groups in total. The number of hydrogen-bond acceptors (Lipinski definition) is 4. The van der Waals surface area contributed by atoms with Crippen LogP contribution < -0.4 is 0 Å². The van der Waals surface area contributed by atoms with Gasteiger partial charge in [-0.15, -0.1) is 0 Å². The normalized spacial score (nSPS) is 22.2. The summed E-state index contributed by atoms with van der Waals surface area (Å²) < 4.78 is 9.88. The first-order valence-electron chi connectivity index (χ1n) is 6.35. The zero-order valence-corrected chi connectivity index (χ0v) is 11.8. The molecule has 17 heavy (non-hydrogen) atoms. The molecular weight excluding hydrogens is 220 g/mol. The molecule has 2 rings (SSSR count). The molecule has 0 unspecified atom stereocenters. The second-order valence-corrected chi connectivity index (χ2v) is 4.47. The SMILES string of the molecule is CC.CC1(C)OC(=O)C2(CC2)C(=O)O1.CCC. The van der Waals surface area contributed by atoms with Gasteiger partial charge in [0.1, 0.15) is 0 Å². The zero-order chi connectivity index (χ0) is 13.7. The van der Waals surface area contributed by atoms with Gasteiger partial charge in [-0.05, 0) is 12.8 Å². The molecule has 0 aromatic carbocycles. The summed E-state index contributed by atoms with van der Waals surface area (Å²) in [6.07, 6.45) is 2.39. The number of rotatable bonds is 0. The fraction of sp³-hybridized carbons (Fsp3) is 0.846. The van der Waals surface area contributed by atoms with Crippen molar-refractivity contribution in [2.45, 2.75) is 66.6 Å². The van der Waals surface area contributed by atoms with Crippen molar-refractivity contribution in [2.24, 2.45) is 5.41 Å². The van der Waals surface area contributed by atoms with Crippen molar-refractivity contribution in [1.82, 2.24) is 0 Å². The van der Waals surface area contributed by atoms with E-state index in [-0.39, 0.29) is 0 Å². The minimum absolute atomic E-state index is 0.427. The largest absolute Gasteiger partial charge is 0.422 e. The summed E-state index contributed by atoms with van der Waals surface area (Å²) in [6, 6.07) is 0.